The van der Waals surface area contributed by atoms with Gasteiger partial charge in [-0.15, -0.1) is 0 Å². The highest BCUT2D eigenvalue weighted by Crippen LogP contribution is 2.21. The lowest BCUT2D eigenvalue weighted by Gasteiger charge is -2.17. The van der Waals surface area contributed by atoms with Crippen LogP contribution in [0.1, 0.15) is 22.3 Å². The molecule has 2 N–H and O–H groups in total. The lowest BCUT2D eigenvalue weighted by Crippen LogP contribution is -2.36. The van der Waals surface area contributed by atoms with Crippen molar-refractivity contribution in [2.45, 2.75) is 9.79 Å². The van der Waals surface area contributed by atoms with Gasteiger partial charge in [0, 0.05) is 11.1 Å². The molecule has 4 aromatic carbocycles. The zero-order chi connectivity index (χ0) is 29.4. The van der Waals surface area contributed by atoms with Gasteiger partial charge in [0.05, 0.1) is 46.7 Å². The van der Waals surface area contributed by atoms with E-state index in [1.54, 1.807) is 61.0 Å². The van der Waals surface area contributed by atoms with Crippen LogP contribution in [0.25, 0.3) is 0 Å². The Morgan fingerprint density at radius 2 is 0.857 bits per heavy atom. The summed E-state index contributed by atoms with van der Waals surface area (Å²) in [5, 5.41) is 16.4. The maximum atomic E-state index is 11.9. The highest BCUT2D eigenvalue weighted by molar-refractivity contribution is 7.90. The Morgan fingerprint density at radius 3 is 1.26 bits per heavy atom. The Balaban J connectivity index is 0.000000168. The van der Waals surface area contributed by atoms with Crippen LogP contribution in [0.3, 0.4) is 0 Å². The van der Waals surface area contributed by atoms with Crippen molar-refractivity contribution in [1.29, 1.82) is 0 Å². The van der Waals surface area contributed by atoms with E-state index in [9.17, 15) is 16.8 Å². The summed E-state index contributed by atoms with van der Waals surface area (Å²) in [4.78, 5) is 0.481. The number of rotatable bonds is 4. The molecule has 0 aliphatic carbocycles. The van der Waals surface area contributed by atoms with Gasteiger partial charge in [-0.05, 0) is 23.3 Å². The molecule has 2 aliphatic rings. The van der Waals surface area contributed by atoms with E-state index in [4.69, 9.17) is 0 Å². The minimum Gasteiger partial charge on any atom is -0.207 e. The normalized spacial score (nSPS) is 18.8. The fourth-order valence-corrected chi connectivity index (χ4v) is 6.57. The second-order valence-corrected chi connectivity index (χ2v) is 12.5. The Hall–Kier alpha value is -4.62. The average Bonchev–Trinajstić information content (AvgIpc) is 3.01. The summed E-state index contributed by atoms with van der Waals surface area (Å²) in [6.45, 7) is 0.289. The number of sulfonamides is 2. The van der Waals surface area contributed by atoms with Gasteiger partial charge < -0.3 is 0 Å². The Kier molecular flexibility index (Phi) is 8.88. The number of nitrogens with zero attached hydrogens (tertiary/aromatic N) is 4. The monoisotopic (exact) mass is 598 g/mol. The van der Waals surface area contributed by atoms with E-state index in [2.05, 4.69) is 29.8 Å². The van der Waals surface area contributed by atoms with Gasteiger partial charge in [-0.25, -0.2) is 26.3 Å². The molecule has 12 heteroatoms. The molecule has 2 aliphatic heterocycles. The standard InChI is InChI=1S/2C15H13N3O2S/c2*19-21(20)15-9-5-4-8-13(15)14(11-17-21)18-16-10-12-6-2-1-3-7-12/h2*1-10,17H,11H2/b2*16-10+,18-14+. The summed E-state index contributed by atoms with van der Waals surface area (Å²) in [5.41, 5.74) is 4.28. The number of hydrogen-bond acceptors (Lipinski definition) is 8. The number of hydrogen-bond donors (Lipinski definition) is 2. The number of fused-ring (bicyclic) bond motifs is 2. The van der Waals surface area contributed by atoms with Gasteiger partial charge in [0.25, 0.3) is 0 Å². The predicted octanol–water partition coefficient (Wildman–Crippen LogP) is 3.60. The zero-order valence-corrected chi connectivity index (χ0v) is 23.8. The zero-order valence-electron chi connectivity index (χ0n) is 22.2. The first-order chi connectivity index (χ1) is 20.3. The second-order valence-electron chi connectivity index (χ2n) is 9.05. The molecule has 42 heavy (non-hydrogen) atoms. The minimum absolute atomic E-state index is 0.144. The van der Waals surface area contributed by atoms with Gasteiger partial charge in [0.1, 0.15) is 0 Å². The van der Waals surface area contributed by atoms with Crippen LogP contribution in [0, 0.1) is 0 Å². The molecule has 0 fully saturated rings. The van der Waals surface area contributed by atoms with Crippen molar-refractivity contribution in [3.8, 4) is 0 Å². The first-order valence-electron chi connectivity index (χ1n) is 12.8. The molecule has 0 amide bonds. The van der Waals surface area contributed by atoms with Crippen LogP contribution in [-0.2, 0) is 20.0 Å². The van der Waals surface area contributed by atoms with Crippen molar-refractivity contribution < 1.29 is 16.8 Å². The quantitative estimate of drug-likeness (QED) is 0.273. The van der Waals surface area contributed by atoms with Gasteiger partial charge in [-0.1, -0.05) is 97.1 Å². The second kappa shape index (κ2) is 12.9. The van der Waals surface area contributed by atoms with Crippen molar-refractivity contribution >= 4 is 43.9 Å². The van der Waals surface area contributed by atoms with Gasteiger partial charge in [-0.2, -0.15) is 20.4 Å². The summed E-state index contributed by atoms with van der Waals surface area (Å²) < 4.78 is 52.6. The minimum atomic E-state index is -3.43. The van der Waals surface area contributed by atoms with E-state index >= 15 is 0 Å². The molecule has 0 aromatic heterocycles. The van der Waals surface area contributed by atoms with Gasteiger partial charge in [0.15, 0.2) is 0 Å². The van der Waals surface area contributed by atoms with E-state index in [-0.39, 0.29) is 22.9 Å². The molecule has 0 saturated heterocycles. The number of benzene rings is 4. The highest BCUT2D eigenvalue weighted by atomic mass is 32.2. The van der Waals surface area contributed by atoms with E-state index < -0.39 is 20.0 Å². The lowest BCUT2D eigenvalue weighted by atomic mass is 10.1. The third-order valence-electron chi connectivity index (χ3n) is 6.20. The average molecular weight is 599 g/mol. The van der Waals surface area contributed by atoms with Crippen molar-refractivity contribution in [2.75, 3.05) is 13.1 Å². The van der Waals surface area contributed by atoms with Crippen LogP contribution in [-0.4, -0.2) is 53.8 Å². The van der Waals surface area contributed by atoms with Crippen LogP contribution < -0.4 is 9.44 Å². The van der Waals surface area contributed by atoms with Gasteiger partial charge in [-0.3, -0.25) is 0 Å². The van der Waals surface area contributed by atoms with Gasteiger partial charge in [0.2, 0.25) is 20.0 Å². The molecule has 212 valence electrons. The van der Waals surface area contributed by atoms with Crippen LogP contribution in [0.4, 0.5) is 0 Å². The molecule has 0 spiro atoms. The molecule has 4 aromatic rings. The third-order valence-corrected chi connectivity index (χ3v) is 9.12. The highest BCUT2D eigenvalue weighted by Gasteiger charge is 2.27. The first kappa shape index (κ1) is 28.9. The van der Waals surface area contributed by atoms with E-state index in [0.717, 1.165) is 11.1 Å². The maximum absolute atomic E-state index is 11.9. The Bertz CT molecular complexity index is 1760. The Morgan fingerprint density at radius 1 is 0.500 bits per heavy atom. The third kappa shape index (κ3) is 6.98. The largest absolute Gasteiger partial charge is 0.241 e. The van der Waals surface area contributed by atoms with Crippen LogP contribution >= 0.6 is 0 Å². The predicted molar refractivity (Wildman–Crippen MR) is 164 cm³/mol. The van der Waals surface area contributed by atoms with Gasteiger partial charge >= 0.3 is 0 Å². The SMILES string of the molecule is O=S1(=O)NC/C(=N\N=C\c2ccccc2)c2ccccc21.O=S1(=O)NC/C(=N\N=C\c2ccccc2)c2ccccc21. The topological polar surface area (TPSA) is 142 Å². The van der Waals surface area contributed by atoms with E-state index in [0.29, 0.717) is 22.6 Å². The van der Waals surface area contributed by atoms with E-state index in [1.807, 2.05) is 60.7 Å². The lowest BCUT2D eigenvalue weighted by molar-refractivity contribution is 0.582. The van der Waals surface area contributed by atoms with Crippen LogP contribution in [0.15, 0.2) is 139 Å². The molecule has 0 unspecified atom stereocenters. The van der Waals surface area contributed by atoms with Crippen molar-refractivity contribution in [3.63, 3.8) is 0 Å². The summed E-state index contributed by atoms with van der Waals surface area (Å²) >= 11 is 0. The molecule has 2 heterocycles. The molecular weight excluding hydrogens is 573 g/mol. The molecule has 10 nitrogen and oxygen atoms in total. The van der Waals surface area contributed by atoms with Crippen LogP contribution in [0.2, 0.25) is 0 Å². The molecule has 0 radical (unpaired) electrons. The number of nitrogens with one attached hydrogen (secondary N) is 2. The van der Waals surface area contributed by atoms with Crippen LogP contribution in [0.5, 0.6) is 0 Å². The first-order valence-corrected chi connectivity index (χ1v) is 15.8. The smallest absolute Gasteiger partial charge is 0.207 e. The summed E-state index contributed by atoms with van der Waals surface area (Å²) in [5.74, 6) is 0. The van der Waals surface area contributed by atoms with Crippen molar-refractivity contribution in [2.24, 2.45) is 20.4 Å². The maximum Gasteiger partial charge on any atom is 0.241 e. The van der Waals surface area contributed by atoms with E-state index in [1.165, 1.54) is 0 Å². The fraction of sp³-hybridized carbons (Fsp3) is 0.0667. The fourth-order valence-electron chi connectivity index (χ4n) is 4.14. The molecule has 0 bridgehead atoms. The summed E-state index contributed by atoms with van der Waals surface area (Å²) in [6, 6.07) is 32.7. The van der Waals surface area contributed by atoms with Crippen molar-refractivity contribution in [1.82, 2.24) is 9.44 Å². The molecule has 0 atom stereocenters. The van der Waals surface area contributed by atoms with Crippen molar-refractivity contribution in [3.05, 3.63) is 131 Å². The molecule has 0 saturated carbocycles. The molecular formula is C30H26N6O4S2. The Labute approximate surface area is 244 Å². The molecule has 6 rings (SSSR count). The summed E-state index contributed by atoms with van der Waals surface area (Å²) in [6.07, 6.45) is 3.28. The summed E-state index contributed by atoms with van der Waals surface area (Å²) in [7, 11) is -6.87.